The van der Waals surface area contributed by atoms with E-state index in [9.17, 15) is 14.9 Å². The number of hydrogen-bond acceptors (Lipinski definition) is 5. The first kappa shape index (κ1) is 15.0. The summed E-state index contributed by atoms with van der Waals surface area (Å²) in [7, 11) is 1.52. The Labute approximate surface area is 128 Å². The standard InChI is InChI=1S/C14H10BrNO5/c1-20-10-4-5-12(15)14(7-10)21-11-3-2-9(8-17)13(6-11)16(18)19/h2-8H,1H3. The maximum Gasteiger partial charge on any atom is 0.283 e. The number of nitro groups is 1. The second-order valence-corrected chi connectivity index (χ2v) is 4.85. The van der Waals surface area contributed by atoms with Crippen LogP contribution in [0.4, 0.5) is 5.69 Å². The predicted molar refractivity (Wildman–Crippen MR) is 79.3 cm³/mol. The van der Waals surface area contributed by atoms with Crippen molar-refractivity contribution in [2.24, 2.45) is 0 Å². The van der Waals surface area contributed by atoms with Gasteiger partial charge >= 0.3 is 0 Å². The molecule has 0 amide bonds. The number of nitrogens with zero attached hydrogens (tertiary/aromatic N) is 1. The van der Waals surface area contributed by atoms with Gasteiger partial charge in [-0.15, -0.1) is 0 Å². The van der Waals surface area contributed by atoms with E-state index in [4.69, 9.17) is 9.47 Å². The second-order valence-electron chi connectivity index (χ2n) is 3.99. The lowest BCUT2D eigenvalue weighted by atomic mass is 10.2. The average Bonchev–Trinajstić information content (AvgIpc) is 2.49. The molecule has 7 heteroatoms. The number of aldehydes is 1. The first-order valence-corrected chi connectivity index (χ1v) is 6.59. The molecule has 2 rings (SSSR count). The summed E-state index contributed by atoms with van der Waals surface area (Å²) in [6, 6.07) is 9.16. The first-order chi connectivity index (χ1) is 10.0. The smallest absolute Gasteiger partial charge is 0.283 e. The molecule has 0 fully saturated rings. The van der Waals surface area contributed by atoms with Crippen LogP contribution in [0.25, 0.3) is 0 Å². The molecule has 0 aliphatic heterocycles. The molecule has 21 heavy (non-hydrogen) atoms. The third kappa shape index (κ3) is 3.38. The molecule has 0 saturated heterocycles. The van der Waals surface area contributed by atoms with Crippen LogP contribution >= 0.6 is 15.9 Å². The largest absolute Gasteiger partial charge is 0.497 e. The molecule has 2 aromatic carbocycles. The molecule has 0 atom stereocenters. The highest BCUT2D eigenvalue weighted by Gasteiger charge is 2.15. The Bertz CT molecular complexity index is 702. The highest BCUT2D eigenvalue weighted by Crippen LogP contribution is 2.34. The zero-order chi connectivity index (χ0) is 15.4. The summed E-state index contributed by atoms with van der Waals surface area (Å²) in [5, 5.41) is 10.9. The van der Waals surface area contributed by atoms with Crippen molar-refractivity contribution >= 4 is 27.9 Å². The van der Waals surface area contributed by atoms with Crippen molar-refractivity contribution in [2.45, 2.75) is 0 Å². The number of carbonyl (C=O) groups is 1. The Kier molecular flexibility index (Phi) is 4.54. The molecular formula is C14H10BrNO5. The summed E-state index contributed by atoms with van der Waals surface area (Å²) < 4.78 is 11.4. The fourth-order valence-electron chi connectivity index (χ4n) is 1.66. The van der Waals surface area contributed by atoms with Gasteiger partial charge in [0.1, 0.15) is 17.2 Å². The number of carbonyl (C=O) groups excluding carboxylic acids is 1. The van der Waals surface area contributed by atoms with Gasteiger partial charge in [0, 0.05) is 6.07 Å². The predicted octanol–water partition coefficient (Wildman–Crippen LogP) is 3.97. The Hall–Kier alpha value is -2.41. The van der Waals surface area contributed by atoms with E-state index in [-0.39, 0.29) is 17.0 Å². The topological polar surface area (TPSA) is 78.7 Å². The van der Waals surface area contributed by atoms with Crippen molar-refractivity contribution in [3.05, 3.63) is 56.5 Å². The number of hydrogen-bond donors (Lipinski definition) is 0. The molecule has 0 saturated carbocycles. The average molecular weight is 352 g/mol. The van der Waals surface area contributed by atoms with E-state index < -0.39 is 4.92 Å². The van der Waals surface area contributed by atoms with Gasteiger partial charge in [0.2, 0.25) is 0 Å². The summed E-state index contributed by atoms with van der Waals surface area (Å²) in [6.45, 7) is 0. The molecule has 0 N–H and O–H groups in total. The van der Waals surface area contributed by atoms with E-state index in [1.165, 1.54) is 25.3 Å². The summed E-state index contributed by atoms with van der Waals surface area (Å²) in [4.78, 5) is 21.1. The minimum atomic E-state index is -0.628. The van der Waals surface area contributed by atoms with Gasteiger partial charge < -0.3 is 9.47 Å². The molecule has 0 radical (unpaired) electrons. The summed E-state index contributed by atoms with van der Waals surface area (Å²) in [5.41, 5.74) is -0.307. The fraction of sp³-hybridized carbons (Fsp3) is 0.0714. The number of methoxy groups -OCH3 is 1. The molecule has 0 unspecified atom stereocenters. The van der Waals surface area contributed by atoms with Crippen LogP contribution in [0.3, 0.4) is 0 Å². The number of halogens is 1. The Morgan fingerprint density at radius 1 is 1.19 bits per heavy atom. The Morgan fingerprint density at radius 3 is 2.52 bits per heavy atom. The van der Waals surface area contributed by atoms with Crippen LogP contribution in [-0.4, -0.2) is 18.3 Å². The molecule has 6 nitrogen and oxygen atoms in total. The van der Waals surface area contributed by atoms with Gasteiger partial charge in [0.25, 0.3) is 5.69 Å². The molecule has 0 heterocycles. The van der Waals surface area contributed by atoms with Crippen LogP contribution in [0.5, 0.6) is 17.2 Å². The molecule has 0 spiro atoms. The quantitative estimate of drug-likeness (QED) is 0.462. The van der Waals surface area contributed by atoms with E-state index in [1.54, 1.807) is 18.2 Å². The molecular weight excluding hydrogens is 342 g/mol. The van der Waals surface area contributed by atoms with E-state index >= 15 is 0 Å². The highest BCUT2D eigenvalue weighted by atomic mass is 79.9. The van der Waals surface area contributed by atoms with Crippen LogP contribution in [0.2, 0.25) is 0 Å². The highest BCUT2D eigenvalue weighted by molar-refractivity contribution is 9.10. The third-order valence-electron chi connectivity index (χ3n) is 2.69. The van der Waals surface area contributed by atoms with Crippen molar-refractivity contribution in [3.63, 3.8) is 0 Å². The lowest BCUT2D eigenvalue weighted by Crippen LogP contribution is -1.95. The van der Waals surface area contributed by atoms with Crippen LogP contribution in [0.1, 0.15) is 10.4 Å². The van der Waals surface area contributed by atoms with Crippen LogP contribution in [-0.2, 0) is 0 Å². The normalized spacial score (nSPS) is 10.0. The summed E-state index contributed by atoms with van der Waals surface area (Å²) >= 11 is 3.32. The van der Waals surface area contributed by atoms with Gasteiger partial charge in [0.05, 0.1) is 28.1 Å². The van der Waals surface area contributed by atoms with E-state index in [1.807, 2.05) is 0 Å². The third-order valence-corrected chi connectivity index (χ3v) is 3.35. The van der Waals surface area contributed by atoms with Crippen molar-refractivity contribution in [1.82, 2.24) is 0 Å². The maximum atomic E-state index is 10.9. The molecule has 0 aliphatic carbocycles. The van der Waals surface area contributed by atoms with Gasteiger partial charge in [-0.1, -0.05) is 0 Å². The monoisotopic (exact) mass is 351 g/mol. The summed E-state index contributed by atoms with van der Waals surface area (Å²) in [5.74, 6) is 1.29. The Balaban J connectivity index is 2.38. The zero-order valence-electron chi connectivity index (χ0n) is 10.9. The summed E-state index contributed by atoms with van der Waals surface area (Å²) in [6.07, 6.45) is 0.434. The fourth-order valence-corrected chi connectivity index (χ4v) is 1.99. The first-order valence-electron chi connectivity index (χ1n) is 5.80. The Morgan fingerprint density at radius 2 is 1.90 bits per heavy atom. The van der Waals surface area contributed by atoms with Crippen molar-refractivity contribution in [3.8, 4) is 17.2 Å². The zero-order valence-corrected chi connectivity index (χ0v) is 12.5. The van der Waals surface area contributed by atoms with Crippen molar-refractivity contribution < 1.29 is 19.2 Å². The van der Waals surface area contributed by atoms with Gasteiger partial charge in [-0.3, -0.25) is 14.9 Å². The van der Waals surface area contributed by atoms with E-state index in [0.29, 0.717) is 22.3 Å². The molecule has 0 bridgehead atoms. The number of nitro benzene ring substituents is 1. The minimum Gasteiger partial charge on any atom is -0.497 e. The SMILES string of the molecule is COc1ccc(Br)c(Oc2ccc(C=O)c([N+](=O)[O-])c2)c1. The van der Waals surface area contributed by atoms with Crippen molar-refractivity contribution in [1.29, 1.82) is 0 Å². The number of benzene rings is 2. The van der Waals surface area contributed by atoms with Gasteiger partial charge in [-0.2, -0.15) is 0 Å². The second kappa shape index (κ2) is 6.36. The van der Waals surface area contributed by atoms with Gasteiger partial charge in [0.15, 0.2) is 6.29 Å². The molecule has 0 aliphatic rings. The van der Waals surface area contributed by atoms with Crippen LogP contribution in [0, 0.1) is 10.1 Å². The number of rotatable bonds is 5. The number of ether oxygens (including phenoxy) is 2. The maximum absolute atomic E-state index is 10.9. The lowest BCUT2D eigenvalue weighted by Gasteiger charge is -2.09. The van der Waals surface area contributed by atoms with Crippen molar-refractivity contribution in [2.75, 3.05) is 7.11 Å². The van der Waals surface area contributed by atoms with E-state index in [0.717, 1.165) is 0 Å². The van der Waals surface area contributed by atoms with Crippen LogP contribution in [0.15, 0.2) is 40.9 Å². The van der Waals surface area contributed by atoms with Gasteiger partial charge in [-0.25, -0.2) is 0 Å². The minimum absolute atomic E-state index is 0.00272. The van der Waals surface area contributed by atoms with Gasteiger partial charge in [-0.05, 0) is 40.2 Å². The van der Waals surface area contributed by atoms with Crippen LogP contribution < -0.4 is 9.47 Å². The molecule has 0 aromatic heterocycles. The lowest BCUT2D eigenvalue weighted by molar-refractivity contribution is -0.385. The molecule has 2 aromatic rings. The van der Waals surface area contributed by atoms with E-state index in [2.05, 4.69) is 15.9 Å². The molecule has 108 valence electrons.